The van der Waals surface area contributed by atoms with Gasteiger partial charge in [-0.05, 0) is 36.6 Å². The van der Waals surface area contributed by atoms with E-state index in [0.717, 1.165) is 17.1 Å². The molecule has 2 aromatic carbocycles. The monoisotopic (exact) mass is 290 g/mol. The third kappa shape index (κ3) is 3.26. The summed E-state index contributed by atoms with van der Waals surface area (Å²) in [6, 6.07) is 12.0. The van der Waals surface area contributed by atoms with Crippen LogP contribution in [0, 0.1) is 13.8 Å². The Balaban J connectivity index is 2.22. The first-order valence-corrected chi connectivity index (χ1v) is 7.10. The number of aryl methyl sites for hydroxylation is 2. The highest BCUT2D eigenvalue weighted by atomic mass is 35.5. The molecule has 0 saturated carbocycles. The minimum atomic E-state index is 0.423. The maximum atomic E-state index is 5.95. The van der Waals surface area contributed by atoms with Gasteiger partial charge >= 0.3 is 0 Å². The maximum Gasteiger partial charge on any atom is 0.127 e. The number of methoxy groups -OCH3 is 1. The minimum absolute atomic E-state index is 0.423. The summed E-state index contributed by atoms with van der Waals surface area (Å²) < 4.78 is 11.2. The molecular weight excluding hydrogens is 272 g/mol. The molecule has 0 amide bonds. The van der Waals surface area contributed by atoms with Crippen molar-refractivity contribution in [2.45, 2.75) is 26.3 Å². The van der Waals surface area contributed by atoms with Crippen LogP contribution in [0.25, 0.3) is 0 Å². The number of alkyl halides is 1. The second-order valence-corrected chi connectivity index (χ2v) is 5.03. The highest BCUT2D eigenvalue weighted by Gasteiger charge is 2.08. The first kappa shape index (κ1) is 14.7. The van der Waals surface area contributed by atoms with Crippen molar-refractivity contribution >= 4 is 11.6 Å². The standard InChI is InChI=1S/C17H19ClO2/c1-12-5-4-6-13(2)16(12)11-20-17-9-15(19-3)8-7-14(17)10-18/h4-9H,10-11H2,1-3H3. The van der Waals surface area contributed by atoms with Crippen LogP contribution in [0.1, 0.15) is 22.3 Å². The lowest BCUT2D eigenvalue weighted by Crippen LogP contribution is -2.02. The van der Waals surface area contributed by atoms with Crippen LogP contribution in [0.2, 0.25) is 0 Å². The van der Waals surface area contributed by atoms with E-state index in [9.17, 15) is 0 Å². The Morgan fingerprint density at radius 1 is 1.05 bits per heavy atom. The Morgan fingerprint density at radius 2 is 1.75 bits per heavy atom. The molecule has 106 valence electrons. The molecule has 0 spiro atoms. The highest BCUT2D eigenvalue weighted by molar-refractivity contribution is 6.17. The van der Waals surface area contributed by atoms with Crippen molar-refractivity contribution in [1.29, 1.82) is 0 Å². The van der Waals surface area contributed by atoms with E-state index in [1.54, 1.807) is 7.11 Å². The number of hydrogen-bond donors (Lipinski definition) is 0. The summed E-state index contributed by atoms with van der Waals surface area (Å²) in [5, 5.41) is 0. The molecule has 2 rings (SSSR count). The molecule has 0 unspecified atom stereocenters. The van der Waals surface area contributed by atoms with Gasteiger partial charge < -0.3 is 9.47 Å². The fourth-order valence-corrected chi connectivity index (χ4v) is 2.35. The molecule has 0 saturated heterocycles. The van der Waals surface area contributed by atoms with Crippen molar-refractivity contribution < 1.29 is 9.47 Å². The summed E-state index contributed by atoms with van der Waals surface area (Å²) in [6.07, 6.45) is 0. The van der Waals surface area contributed by atoms with E-state index >= 15 is 0 Å². The average molecular weight is 291 g/mol. The molecule has 0 aliphatic heterocycles. The summed E-state index contributed by atoms with van der Waals surface area (Å²) >= 11 is 5.95. The molecule has 0 heterocycles. The van der Waals surface area contributed by atoms with Gasteiger partial charge in [0.15, 0.2) is 0 Å². The van der Waals surface area contributed by atoms with Crippen LogP contribution in [0.4, 0.5) is 0 Å². The quantitative estimate of drug-likeness (QED) is 0.748. The third-order valence-electron chi connectivity index (χ3n) is 3.43. The Morgan fingerprint density at radius 3 is 2.35 bits per heavy atom. The van der Waals surface area contributed by atoms with Crippen LogP contribution in [0.15, 0.2) is 36.4 Å². The van der Waals surface area contributed by atoms with Crippen molar-refractivity contribution in [2.24, 2.45) is 0 Å². The molecule has 0 fully saturated rings. The molecule has 0 atom stereocenters. The molecule has 0 aliphatic carbocycles. The lowest BCUT2D eigenvalue weighted by molar-refractivity contribution is 0.299. The van der Waals surface area contributed by atoms with Crippen molar-refractivity contribution in [3.8, 4) is 11.5 Å². The smallest absolute Gasteiger partial charge is 0.127 e. The van der Waals surface area contributed by atoms with E-state index in [4.69, 9.17) is 21.1 Å². The average Bonchev–Trinajstić information content (AvgIpc) is 2.46. The van der Waals surface area contributed by atoms with Gasteiger partial charge in [0.1, 0.15) is 18.1 Å². The predicted octanol–water partition coefficient (Wildman–Crippen LogP) is 4.63. The van der Waals surface area contributed by atoms with Gasteiger partial charge in [0.25, 0.3) is 0 Å². The molecule has 2 aromatic rings. The molecule has 0 aromatic heterocycles. The summed E-state index contributed by atoms with van der Waals surface area (Å²) in [6.45, 7) is 4.73. The zero-order valence-electron chi connectivity index (χ0n) is 12.1. The Labute approximate surface area is 125 Å². The number of benzene rings is 2. The number of halogens is 1. The van der Waals surface area contributed by atoms with Crippen LogP contribution in [0.3, 0.4) is 0 Å². The van der Waals surface area contributed by atoms with Crippen molar-refractivity contribution in [3.63, 3.8) is 0 Å². The molecule has 2 nitrogen and oxygen atoms in total. The fraction of sp³-hybridized carbons (Fsp3) is 0.294. The van der Waals surface area contributed by atoms with Gasteiger partial charge in [0.2, 0.25) is 0 Å². The van der Waals surface area contributed by atoms with Crippen molar-refractivity contribution in [3.05, 3.63) is 58.7 Å². The van der Waals surface area contributed by atoms with Gasteiger partial charge in [0, 0.05) is 11.6 Å². The molecular formula is C17H19ClO2. The van der Waals surface area contributed by atoms with E-state index < -0.39 is 0 Å². The Bertz CT molecular complexity index is 573. The zero-order valence-corrected chi connectivity index (χ0v) is 12.8. The highest BCUT2D eigenvalue weighted by Crippen LogP contribution is 2.27. The van der Waals surface area contributed by atoms with E-state index in [-0.39, 0.29) is 0 Å². The van der Waals surface area contributed by atoms with Crippen molar-refractivity contribution in [2.75, 3.05) is 7.11 Å². The van der Waals surface area contributed by atoms with Crippen LogP contribution in [-0.2, 0) is 12.5 Å². The van der Waals surface area contributed by atoms with E-state index in [2.05, 4.69) is 32.0 Å². The first-order valence-electron chi connectivity index (χ1n) is 6.56. The Kier molecular flexibility index (Phi) is 4.91. The number of hydrogen-bond acceptors (Lipinski definition) is 2. The van der Waals surface area contributed by atoms with Gasteiger partial charge in [-0.3, -0.25) is 0 Å². The summed E-state index contributed by atoms with van der Waals surface area (Å²) in [4.78, 5) is 0. The van der Waals surface area contributed by atoms with E-state index in [1.807, 2.05) is 18.2 Å². The zero-order chi connectivity index (χ0) is 14.5. The lowest BCUT2D eigenvalue weighted by atomic mass is 10.0. The number of ether oxygens (including phenoxy) is 2. The van der Waals surface area contributed by atoms with Crippen LogP contribution in [-0.4, -0.2) is 7.11 Å². The predicted molar refractivity (Wildman–Crippen MR) is 82.8 cm³/mol. The molecule has 0 N–H and O–H groups in total. The van der Waals surface area contributed by atoms with Crippen LogP contribution >= 0.6 is 11.6 Å². The van der Waals surface area contributed by atoms with Gasteiger partial charge in [0.05, 0.1) is 13.0 Å². The third-order valence-corrected chi connectivity index (χ3v) is 3.72. The summed E-state index contributed by atoms with van der Waals surface area (Å²) in [5.41, 5.74) is 4.66. The molecule has 0 bridgehead atoms. The molecule has 3 heteroatoms. The molecule has 0 radical (unpaired) electrons. The van der Waals surface area contributed by atoms with Gasteiger partial charge in [-0.1, -0.05) is 24.3 Å². The Hall–Kier alpha value is -1.67. The van der Waals surface area contributed by atoms with E-state index in [1.165, 1.54) is 16.7 Å². The van der Waals surface area contributed by atoms with Gasteiger partial charge in [-0.2, -0.15) is 0 Å². The second kappa shape index (κ2) is 6.67. The second-order valence-electron chi connectivity index (χ2n) is 4.77. The summed E-state index contributed by atoms with van der Waals surface area (Å²) in [7, 11) is 1.64. The van der Waals surface area contributed by atoms with Crippen LogP contribution in [0.5, 0.6) is 11.5 Å². The minimum Gasteiger partial charge on any atom is -0.497 e. The van der Waals surface area contributed by atoms with Crippen molar-refractivity contribution in [1.82, 2.24) is 0 Å². The number of rotatable bonds is 5. The lowest BCUT2D eigenvalue weighted by Gasteiger charge is -2.14. The topological polar surface area (TPSA) is 18.5 Å². The van der Waals surface area contributed by atoms with Crippen LogP contribution < -0.4 is 9.47 Å². The maximum absolute atomic E-state index is 5.95. The van der Waals surface area contributed by atoms with Gasteiger partial charge in [-0.15, -0.1) is 11.6 Å². The fourth-order valence-electron chi connectivity index (χ4n) is 2.13. The van der Waals surface area contributed by atoms with Gasteiger partial charge in [-0.25, -0.2) is 0 Å². The summed E-state index contributed by atoms with van der Waals surface area (Å²) in [5.74, 6) is 1.98. The SMILES string of the molecule is COc1ccc(CCl)c(OCc2c(C)cccc2C)c1. The first-order chi connectivity index (χ1) is 9.65. The molecule has 20 heavy (non-hydrogen) atoms. The molecule has 0 aliphatic rings. The normalized spacial score (nSPS) is 10.4. The van der Waals surface area contributed by atoms with E-state index in [0.29, 0.717) is 12.5 Å². The largest absolute Gasteiger partial charge is 0.497 e.